The van der Waals surface area contributed by atoms with Crippen LogP contribution in [0.4, 0.5) is 10.1 Å². The Balaban J connectivity index is 1.38. The van der Waals surface area contributed by atoms with Crippen LogP contribution in [0.15, 0.2) is 71.5 Å². The zero-order valence-corrected chi connectivity index (χ0v) is 20.8. The number of hydrogen-bond donors (Lipinski definition) is 1. The van der Waals surface area contributed by atoms with Gasteiger partial charge < -0.3 is 10.2 Å². The van der Waals surface area contributed by atoms with Crippen molar-refractivity contribution in [3.05, 3.63) is 99.2 Å². The molecule has 0 unspecified atom stereocenters. The number of likely N-dealkylation sites (tertiary alicyclic amines) is 1. The average molecular weight is 507 g/mol. The van der Waals surface area contributed by atoms with Gasteiger partial charge in [-0.1, -0.05) is 41.9 Å². The van der Waals surface area contributed by atoms with Gasteiger partial charge in [0.15, 0.2) is 0 Å². The van der Waals surface area contributed by atoms with Crippen molar-refractivity contribution in [1.82, 2.24) is 14.0 Å². The van der Waals surface area contributed by atoms with Gasteiger partial charge in [0.25, 0.3) is 0 Å². The summed E-state index contributed by atoms with van der Waals surface area (Å²) in [6, 6.07) is 20.1. The summed E-state index contributed by atoms with van der Waals surface area (Å²) in [6.07, 6.45) is 1.66. The van der Waals surface area contributed by atoms with E-state index in [0.717, 1.165) is 29.6 Å². The van der Waals surface area contributed by atoms with E-state index in [1.165, 1.54) is 17.7 Å². The molecule has 4 aromatic rings. The second-order valence-corrected chi connectivity index (χ2v) is 9.78. The van der Waals surface area contributed by atoms with E-state index in [2.05, 4.69) is 17.4 Å². The first kappa shape index (κ1) is 24.1. The van der Waals surface area contributed by atoms with Crippen LogP contribution in [0.1, 0.15) is 30.0 Å². The van der Waals surface area contributed by atoms with E-state index in [-0.39, 0.29) is 29.1 Å². The summed E-state index contributed by atoms with van der Waals surface area (Å²) in [4.78, 5) is 28.1. The maximum absolute atomic E-state index is 13.7. The van der Waals surface area contributed by atoms with Crippen molar-refractivity contribution in [2.75, 3.05) is 18.4 Å². The standard InChI is InChI=1S/C28H28ClFN4O2/c1-32-25-10-9-23(31-17-19-6-3-2-4-7-19)16-26(25)34(28(32)36)24-8-5-11-33(18-24)27(35)14-20-12-21(29)15-22(30)13-20/h2-4,6-7,9-10,12-13,15-16,24,31H,5,8,11,14,17-18H2,1H3/t24-/m0/s1. The number of amides is 1. The highest BCUT2D eigenvalue weighted by Crippen LogP contribution is 2.27. The van der Waals surface area contributed by atoms with Gasteiger partial charge in [0.2, 0.25) is 5.91 Å². The molecule has 6 nitrogen and oxygen atoms in total. The molecule has 1 saturated heterocycles. The highest BCUT2D eigenvalue weighted by atomic mass is 35.5. The van der Waals surface area contributed by atoms with Crippen molar-refractivity contribution in [2.45, 2.75) is 31.8 Å². The number of imidazole rings is 1. The minimum absolute atomic E-state index is 0.0716. The summed E-state index contributed by atoms with van der Waals surface area (Å²) < 4.78 is 17.2. The highest BCUT2D eigenvalue weighted by molar-refractivity contribution is 6.30. The molecule has 1 aliphatic rings. The smallest absolute Gasteiger partial charge is 0.329 e. The van der Waals surface area contributed by atoms with Crippen LogP contribution < -0.4 is 11.0 Å². The number of fused-ring (bicyclic) bond motifs is 1. The Hall–Kier alpha value is -3.58. The summed E-state index contributed by atoms with van der Waals surface area (Å²) in [5, 5.41) is 3.72. The molecule has 1 amide bonds. The van der Waals surface area contributed by atoms with Crippen molar-refractivity contribution in [1.29, 1.82) is 0 Å². The first-order chi connectivity index (χ1) is 17.4. The number of anilines is 1. The van der Waals surface area contributed by atoms with Crippen LogP contribution in [0.2, 0.25) is 5.02 Å². The fourth-order valence-corrected chi connectivity index (χ4v) is 5.27. The Morgan fingerprint density at radius 3 is 2.64 bits per heavy atom. The molecule has 8 heteroatoms. The van der Waals surface area contributed by atoms with Crippen molar-refractivity contribution < 1.29 is 9.18 Å². The number of aromatic nitrogens is 2. The molecule has 0 spiro atoms. The molecule has 1 N–H and O–H groups in total. The monoisotopic (exact) mass is 506 g/mol. The van der Waals surface area contributed by atoms with Crippen molar-refractivity contribution in [2.24, 2.45) is 7.05 Å². The molecule has 3 aromatic carbocycles. The lowest BCUT2D eigenvalue weighted by Crippen LogP contribution is -2.43. The molecule has 1 atom stereocenters. The van der Waals surface area contributed by atoms with Crippen LogP contribution in [0.5, 0.6) is 0 Å². The van der Waals surface area contributed by atoms with E-state index in [9.17, 15) is 14.0 Å². The molecule has 186 valence electrons. The second-order valence-electron chi connectivity index (χ2n) is 9.34. The number of carbonyl (C=O) groups excluding carboxylic acids is 1. The number of halogens is 2. The molecule has 5 rings (SSSR count). The van der Waals surface area contributed by atoms with E-state index in [0.29, 0.717) is 25.2 Å². The minimum Gasteiger partial charge on any atom is -0.381 e. The Labute approximate surface area is 213 Å². The largest absolute Gasteiger partial charge is 0.381 e. The summed E-state index contributed by atoms with van der Waals surface area (Å²) in [6.45, 7) is 1.73. The van der Waals surface area contributed by atoms with Gasteiger partial charge in [-0.25, -0.2) is 9.18 Å². The zero-order valence-electron chi connectivity index (χ0n) is 20.1. The Morgan fingerprint density at radius 1 is 1.06 bits per heavy atom. The molecular weight excluding hydrogens is 479 g/mol. The summed E-state index contributed by atoms with van der Waals surface area (Å²) in [5.41, 5.74) is 4.24. The third-order valence-corrected chi connectivity index (χ3v) is 7.04. The maximum atomic E-state index is 13.7. The van der Waals surface area contributed by atoms with Crippen molar-refractivity contribution in [3.63, 3.8) is 0 Å². The normalized spacial score (nSPS) is 15.9. The second kappa shape index (κ2) is 10.2. The molecule has 0 saturated carbocycles. The number of nitrogens with zero attached hydrogens (tertiary/aromatic N) is 3. The lowest BCUT2D eigenvalue weighted by atomic mass is 10.0. The Morgan fingerprint density at radius 2 is 1.86 bits per heavy atom. The van der Waals surface area contributed by atoms with Crippen LogP contribution in [0, 0.1) is 5.82 Å². The van der Waals surface area contributed by atoms with Crippen LogP contribution in [0.3, 0.4) is 0 Å². The van der Waals surface area contributed by atoms with Gasteiger partial charge in [-0.05, 0) is 60.4 Å². The third-order valence-electron chi connectivity index (χ3n) is 6.82. The number of rotatable bonds is 6. The fourth-order valence-electron chi connectivity index (χ4n) is 5.02. The van der Waals surface area contributed by atoms with Gasteiger partial charge >= 0.3 is 5.69 Å². The van der Waals surface area contributed by atoms with Crippen LogP contribution in [-0.2, 0) is 24.8 Å². The van der Waals surface area contributed by atoms with Gasteiger partial charge in [0.05, 0.1) is 23.5 Å². The SMILES string of the molecule is Cn1c(=O)n([C@H]2CCCN(C(=O)Cc3cc(F)cc(Cl)c3)C2)c2cc(NCc3ccccc3)ccc21. The fraction of sp³-hybridized carbons (Fsp3) is 0.286. The summed E-state index contributed by atoms with van der Waals surface area (Å²) >= 11 is 5.96. The van der Waals surface area contributed by atoms with E-state index in [4.69, 9.17) is 11.6 Å². The van der Waals surface area contributed by atoms with Crippen LogP contribution in [-0.4, -0.2) is 33.0 Å². The van der Waals surface area contributed by atoms with Crippen LogP contribution >= 0.6 is 11.6 Å². The zero-order chi connectivity index (χ0) is 25.2. The molecule has 1 fully saturated rings. The van der Waals surface area contributed by atoms with E-state index in [1.54, 1.807) is 22.6 Å². The minimum atomic E-state index is -0.458. The van der Waals surface area contributed by atoms with Crippen molar-refractivity contribution >= 4 is 34.2 Å². The van der Waals surface area contributed by atoms with Gasteiger partial charge in [0.1, 0.15) is 5.82 Å². The maximum Gasteiger partial charge on any atom is 0.329 e. The van der Waals surface area contributed by atoms with Crippen LogP contribution in [0.25, 0.3) is 11.0 Å². The predicted molar refractivity (Wildman–Crippen MR) is 141 cm³/mol. The highest BCUT2D eigenvalue weighted by Gasteiger charge is 2.28. The average Bonchev–Trinajstić information content (AvgIpc) is 3.12. The van der Waals surface area contributed by atoms with E-state index >= 15 is 0 Å². The molecular formula is C28H28ClFN4O2. The Kier molecular flexibility index (Phi) is 6.83. The summed E-state index contributed by atoms with van der Waals surface area (Å²) in [7, 11) is 1.78. The predicted octanol–water partition coefficient (Wildman–Crippen LogP) is 5.15. The number of aryl methyl sites for hydroxylation is 1. The molecule has 0 bridgehead atoms. The summed E-state index contributed by atoms with van der Waals surface area (Å²) in [5.74, 6) is -0.555. The van der Waals surface area contributed by atoms with Gasteiger partial charge in [-0.2, -0.15) is 0 Å². The number of nitrogens with one attached hydrogen (secondary N) is 1. The lowest BCUT2D eigenvalue weighted by molar-refractivity contribution is -0.132. The van der Waals surface area contributed by atoms with Crippen molar-refractivity contribution in [3.8, 4) is 0 Å². The molecule has 36 heavy (non-hydrogen) atoms. The first-order valence-electron chi connectivity index (χ1n) is 12.1. The first-order valence-corrected chi connectivity index (χ1v) is 12.5. The molecule has 1 aromatic heterocycles. The quantitative estimate of drug-likeness (QED) is 0.393. The number of piperidine rings is 1. The van der Waals surface area contributed by atoms with Gasteiger partial charge in [-0.15, -0.1) is 0 Å². The number of benzene rings is 3. The van der Waals surface area contributed by atoms with E-state index in [1.807, 2.05) is 41.0 Å². The Bertz CT molecular complexity index is 1440. The molecule has 0 radical (unpaired) electrons. The number of hydrogen-bond acceptors (Lipinski definition) is 3. The molecule has 0 aliphatic carbocycles. The lowest BCUT2D eigenvalue weighted by Gasteiger charge is -2.33. The topological polar surface area (TPSA) is 59.3 Å². The molecule has 1 aliphatic heterocycles. The van der Waals surface area contributed by atoms with Gasteiger partial charge in [0, 0.05) is 37.4 Å². The van der Waals surface area contributed by atoms with Gasteiger partial charge in [-0.3, -0.25) is 13.9 Å². The number of carbonyl (C=O) groups is 1. The third kappa shape index (κ3) is 5.02. The van der Waals surface area contributed by atoms with E-state index < -0.39 is 5.82 Å². The molecule has 2 heterocycles.